The summed E-state index contributed by atoms with van der Waals surface area (Å²) in [5.41, 5.74) is 20.5. The van der Waals surface area contributed by atoms with Crippen molar-refractivity contribution >= 4 is 57.4 Å². The summed E-state index contributed by atoms with van der Waals surface area (Å²) in [4.78, 5) is 0. The van der Waals surface area contributed by atoms with Crippen LogP contribution in [0, 0.1) is 6.92 Å². The van der Waals surface area contributed by atoms with Gasteiger partial charge in [-0.15, -0.1) is 0 Å². The van der Waals surface area contributed by atoms with Crippen LogP contribution in [0.5, 0.6) is 0 Å². The zero-order valence-corrected chi connectivity index (χ0v) is 53.5. The molecule has 2 atom stereocenters. The van der Waals surface area contributed by atoms with Gasteiger partial charge in [-0.1, -0.05) is 229 Å². The molecule has 0 amide bonds. The Morgan fingerprint density at radius 3 is 1.17 bits per heavy atom. The fourth-order valence-corrected chi connectivity index (χ4v) is 14.7. The van der Waals surface area contributed by atoms with E-state index in [-0.39, 0.29) is 47.0 Å². The predicted octanol–water partition coefficient (Wildman–Crippen LogP) is 16.1. The minimum absolute atomic E-state index is 0. The molecule has 86 heavy (non-hydrogen) atoms. The third kappa shape index (κ3) is 9.06. The van der Waals surface area contributed by atoms with Crippen molar-refractivity contribution < 1.29 is 42.1 Å². The SMILES string of the molecule is Brc1cccc2c1-c1ccccc1C21c2ccccc2-c2c1ccc1ccccc21.CC(C)OB1OC(C)(C)C(C)(C)O1.CC1(C)OB(c2cccc3c2-c2ccccc2C32c3ccccc3-c3c2ccc2ccccc32)OC1(C)C.[CH2-]CCC.[Li+]. The fourth-order valence-electron chi connectivity index (χ4n) is 14.1. The minimum atomic E-state index is -0.523. The Morgan fingerprint density at radius 2 is 0.744 bits per heavy atom. The molecule has 2 saturated heterocycles. The molecule has 9 heteroatoms. The number of hydrogen-bond donors (Lipinski definition) is 0. The Bertz CT molecular complexity index is 4230. The molecule has 0 bridgehead atoms. The van der Waals surface area contributed by atoms with Gasteiger partial charge in [0, 0.05) is 16.1 Å². The number of halogens is 1. The average molecular weight is 1190 g/mol. The molecule has 426 valence electrons. The Balaban J connectivity index is 0.000000134. The second-order valence-electron chi connectivity index (χ2n) is 25.7. The average Bonchev–Trinajstić information content (AvgIpc) is 1.52. The smallest absolute Gasteiger partial charge is 0.399 e. The van der Waals surface area contributed by atoms with Gasteiger partial charge in [-0.05, 0) is 186 Å². The Hall–Kier alpha value is -6.27. The normalized spacial score (nSPS) is 19.8. The number of benzene rings is 10. The zero-order chi connectivity index (χ0) is 59.4. The van der Waals surface area contributed by atoms with Crippen molar-refractivity contribution in [2.75, 3.05) is 0 Å². The topological polar surface area (TPSA) is 46.2 Å². The van der Waals surface area contributed by atoms with Crippen molar-refractivity contribution in [3.8, 4) is 44.5 Å². The summed E-state index contributed by atoms with van der Waals surface area (Å²) in [5, 5.41) is 5.21. The molecule has 2 heterocycles. The van der Waals surface area contributed by atoms with E-state index in [1.807, 2.05) is 41.5 Å². The van der Waals surface area contributed by atoms with Crippen molar-refractivity contribution in [2.45, 2.75) is 128 Å². The van der Waals surface area contributed by atoms with Gasteiger partial charge in [-0.2, -0.15) is 6.42 Å². The van der Waals surface area contributed by atoms with Crippen LogP contribution >= 0.6 is 15.9 Å². The van der Waals surface area contributed by atoms with Crippen molar-refractivity contribution in [3.05, 3.63) is 262 Å². The first-order chi connectivity index (χ1) is 40.8. The van der Waals surface area contributed by atoms with Crippen molar-refractivity contribution in [1.82, 2.24) is 0 Å². The van der Waals surface area contributed by atoms with Gasteiger partial charge in [0.15, 0.2) is 0 Å². The molecule has 0 aromatic heterocycles. The molecule has 16 rings (SSSR count). The van der Waals surface area contributed by atoms with Gasteiger partial charge in [0.1, 0.15) is 0 Å². The fraction of sp³-hybridized carbons (Fsp3) is 0.260. The second kappa shape index (κ2) is 22.4. The van der Waals surface area contributed by atoms with Gasteiger partial charge in [-0.3, -0.25) is 0 Å². The maximum atomic E-state index is 6.62. The number of unbranched alkanes of at least 4 members (excludes halogenated alkanes) is 1. The van der Waals surface area contributed by atoms with Crippen LogP contribution in [0.15, 0.2) is 211 Å². The van der Waals surface area contributed by atoms with Crippen LogP contribution in [0.2, 0.25) is 0 Å². The molecule has 10 aromatic rings. The number of hydrogen-bond acceptors (Lipinski definition) is 5. The van der Waals surface area contributed by atoms with Gasteiger partial charge in [0.2, 0.25) is 0 Å². The van der Waals surface area contributed by atoms with Crippen LogP contribution in [-0.4, -0.2) is 42.9 Å². The molecular weight excluding hydrogens is 1110 g/mol. The van der Waals surface area contributed by atoms with Crippen LogP contribution in [0.25, 0.3) is 66.1 Å². The maximum absolute atomic E-state index is 6.62. The molecule has 4 aliphatic carbocycles. The van der Waals surface area contributed by atoms with Crippen LogP contribution in [0.1, 0.15) is 134 Å². The van der Waals surface area contributed by atoms with Crippen molar-refractivity contribution in [3.63, 3.8) is 0 Å². The van der Waals surface area contributed by atoms with Gasteiger partial charge in [0.05, 0.1) is 33.2 Å². The third-order valence-electron chi connectivity index (χ3n) is 19.5. The summed E-state index contributed by atoms with van der Waals surface area (Å²) in [6.07, 6.45) is 2.40. The molecular formula is C77H74B2BrLiO5. The first-order valence-corrected chi connectivity index (χ1v) is 31.1. The van der Waals surface area contributed by atoms with Gasteiger partial charge < -0.3 is 30.2 Å². The van der Waals surface area contributed by atoms with E-state index in [0.29, 0.717) is 0 Å². The molecule has 2 fully saturated rings. The van der Waals surface area contributed by atoms with E-state index in [1.54, 1.807) is 0 Å². The molecule has 10 aromatic carbocycles. The number of fused-ring (bicyclic) bond motifs is 24. The molecule has 2 aliphatic heterocycles. The Labute approximate surface area is 530 Å². The van der Waals surface area contributed by atoms with Crippen LogP contribution in [0.3, 0.4) is 0 Å². The first kappa shape index (κ1) is 60.0. The van der Waals surface area contributed by atoms with E-state index in [4.69, 9.17) is 23.3 Å². The van der Waals surface area contributed by atoms with E-state index < -0.39 is 25.6 Å². The Kier molecular flexibility index (Phi) is 15.6. The zero-order valence-electron chi connectivity index (χ0n) is 51.9. The Morgan fingerprint density at radius 1 is 0.407 bits per heavy atom. The first-order valence-electron chi connectivity index (χ1n) is 30.3. The van der Waals surface area contributed by atoms with Gasteiger partial charge in [0.25, 0.3) is 0 Å². The van der Waals surface area contributed by atoms with Crippen molar-refractivity contribution in [1.29, 1.82) is 0 Å². The minimum Gasteiger partial charge on any atom is -0.399 e. The molecule has 5 nitrogen and oxygen atoms in total. The van der Waals surface area contributed by atoms with Gasteiger partial charge in [-0.25, -0.2) is 0 Å². The molecule has 0 N–H and O–H groups in total. The summed E-state index contributed by atoms with van der Waals surface area (Å²) in [6, 6.07) is 76.1. The van der Waals surface area contributed by atoms with E-state index in [0.717, 1.165) is 16.4 Å². The largest absolute Gasteiger partial charge is 1.00 e. The molecule has 0 radical (unpaired) electrons. The predicted molar refractivity (Wildman–Crippen MR) is 356 cm³/mol. The summed E-state index contributed by atoms with van der Waals surface area (Å²) in [5.74, 6) is 0. The summed E-state index contributed by atoms with van der Waals surface area (Å²) in [6.45, 7) is 26.2. The molecule has 0 saturated carbocycles. The standard InChI is InChI=1S/C35H29BO2.C29H17Br.C9H19BO3.C4H9.Li/c1-33(2)34(3,4)38-36(37-33)30-19-11-18-28-32(30)25-15-8-10-17-27(25)35(28)26-16-9-7-14-24(26)31-23-13-6-5-12-22(23)20-21-29(31)35;30-26-15-7-14-24-28(26)21-11-4-6-13-23(21)29(24)22-12-5-3-10-20(22)27-19-9-2-1-8-18(19)16-17-25(27)29;1-7(2)11-10-12-8(3,4)9(5,6)13-10;1-3-4-2;/h5-21H,1-4H3;1-17H;7H,1-6H3;1,3-4H2,2H3;/q;;;-1;+1. The van der Waals surface area contributed by atoms with E-state index in [1.165, 1.54) is 117 Å². The molecule has 6 aliphatic rings. The van der Waals surface area contributed by atoms with Crippen LogP contribution < -0.4 is 24.3 Å². The summed E-state index contributed by atoms with van der Waals surface area (Å²) >= 11 is 3.87. The molecule has 2 unspecified atom stereocenters. The molecule has 2 spiro atoms. The maximum Gasteiger partial charge on any atom is 1.00 e. The van der Waals surface area contributed by atoms with E-state index in [2.05, 4.69) is 264 Å². The van der Waals surface area contributed by atoms with E-state index in [9.17, 15) is 0 Å². The van der Waals surface area contributed by atoms with Gasteiger partial charge >= 0.3 is 33.3 Å². The summed E-state index contributed by atoms with van der Waals surface area (Å²) < 4.78 is 31.1. The van der Waals surface area contributed by atoms with Crippen LogP contribution in [-0.2, 0) is 34.1 Å². The quantitative estimate of drug-likeness (QED) is 0.130. The van der Waals surface area contributed by atoms with Crippen LogP contribution in [0.4, 0.5) is 0 Å². The monoisotopic (exact) mass is 1190 g/mol. The summed E-state index contributed by atoms with van der Waals surface area (Å²) in [7, 11) is -0.948. The number of rotatable bonds is 4. The van der Waals surface area contributed by atoms with E-state index >= 15 is 0 Å². The van der Waals surface area contributed by atoms with Crippen molar-refractivity contribution in [2.24, 2.45) is 0 Å². The second-order valence-corrected chi connectivity index (χ2v) is 26.6. The third-order valence-corrected chi connectivity index (χ3v) is 20.1.